The van der Waals surface area contributed by atoms with Crippen molar-refractivity contribution in [1.82, 2.24) is 4.98 Å². The number of nitrogens with one attached hydrogen (secondary N) is 1. The quantitative estimate of drug-likeness (QED) is 0.683. The first-order valence-electron chi connectivity index (χ1n) is 4.65. The average Bonchev–Trinajstić information content (AvgIpc) is 2.27. The third-order valence-electron chi connectivity index (χ3n) is 2.12. The van der Waals surface area contributed by atoms with E-state index in [9.17, 15) is 18.4 Å². The van der Waals surface area contributed by atoms with Crippen LogP contribution in [0.15, 0.2) is 10.9 Å². The van der Waals surface area contributed by atoms with E-state index in [1.165, 1.54) is 7.11 Å². The third-order valence-corrected chi connectivity index (χ3v) is 2.68. The molecule has 94 valence electrons. The number of hydrogen-bond donors (Lipinski definition) is 1. The van der Waals surface area contributed by atoms with E-state index in [2.05, 4.69) is 25.7 Å². The van der Waals surface area contributed by atoms with Crippen LogP contribution in [0.5, 0.6) is 0 Å². The molecule has 0 aliphatic heterocycles. The van der Waals surface area contributed by atoms with Crippen molar-refractivity contribution in [2.45, 2.75) is 18.2 Å². The Bertz CT molecular complexity index is 473. The smallest absolute Gasteiger partial charge is 0.311 e. The van der Waals surface area contributed by atoms with E-state index in [-0.39, 0.29) is 23.1 Å². The van der Waals surface area contributed by atoms with Crippen LogP contribution >= 0.6 is 15.9 Å². The van der Waals surface area contributed by atoms with Gasteiger partial charge >= 0.3 is 5.97 Å². The molecule has 0 aliphatic rings. The molecule has 0 bridgehead atoms. The maximum absolute atomic E-state index is 12.6. The molecule has 17 heavy (non-hydrogen) atoms. The molecule has 0 radical (unpaired) electrons. The minimum absolute atomic E-state index is 0.0754. The molecule has 0 saturated carbocycles. The third kappa shape index (κ3) is 3.36. The summed E-state index contributed by atoms with van der Waals surface area (Å²) < 4.78 is 29.6. The number of pyridine rings is 1. The van der Waals surface area contributed by atoms with Gasteiger partial charge in [0.2, 0.25) is 0 Å². The van der Waals surface area contributed by atoms with Crippen LogP contribution in [0, 0.1) is 0 Å². The summed E-state index contributed by atoms with van der Waals surface area (Å²) in [5.74, 6) is -0.550. The number of esters is 1. The predicted octanol–water partition coefficient (Wildman–Crippen LogP) is 1.92. The number of aromatic amines is 1. The van der Waals surface area contributed by atoms with Crippen molar-refractivity contribution >= 4 is 21.9 Å². The van der Waals surface area contributed by atoms with Crippen LogP contribution < -0.4 is 5.43 Å². The Morgan fingerprint density at radius 1 is 1.59 bits per heavy atom. The van der Waals surface area contributed by atoms with Crippen LogP contribution in [0.3, 0.4) is 0 Å². The fourth-order valence-corrected chi connectivity index (χ4v) is 1.79. The number of carbonyl (C=O) groups is 1. The first-order valence-corrected chi connectivity index (χ1v) is 5.77. The van der Waals surface area contributed by atoms with Crippen LogP contribution in [-0.4, -0.2) is 18.1 Å². The van der Waals surface area contributed by atoms with Crippen LogP contribution in [0.25, 0.3) is 0 Å². The van der Waals surface area contributed by atoms with E-state index in [0.717, 1.165) is 6.07 Å². The summed E-state index contributed by atoms with van der Waals surface area (Å²) in [7, 11) is 1.21. The van der Waals surface area contributed by atoms with E-state index in [1.54, 1.807) is 0 Å². The second kappa shape index (κ2) is 5.90. The zero-order chi connectivity index (χ0) is 13.0. The Morgan fingerprint density at radius 3 is 2.71 bits per heavy atom. The Morgan fingerprint density at radius 2 is 2.24 bits per heavy atom. The Kier molecular flexibility index (Phi) is 4.80. The van der Waals surface area contributed by atoms with Crippen molar-refractivity contribution in [2.75, 3.05) is 7.11 Å². The van der Waals surface area contributed by atoms with Gasteiger partial charge in [-0.15, -0.1) is 0 Å². The maximum atomic E-state index is 12.6. The number of hydrogen-bond acceptors (Lipinski definition) is 3. The van der Waals surface area contributed by atoms with Gasteiger partial charge in [-0.25, -0.2) is 8.78 Å². The van der Waals surface area contributed by atoms with Crippen molar-refractivity contribution in [2.24, 2.45) is 0 Å². The van der Waals surface area contributed by atoms with Gasteiger partial charge in [-0.3, -0.25) is 9.59 Å². The number of carbonyl (C=O) groups excluding carboxylic acids is 1. The minimum Gasteiger partial charge on any atom is -0.469 e. The maximum Gasteiger partial charge on any atom is 0.311 e. The number of halogens is 3. The standard InChI is InChI=1S/C10H10BrF2NO3/c1-17-8(16)3-5-2-7(15)9(10(12)13)6(4-11)14-5/h2,10H,3-4H2,1H3,(H,14,15). The van der Waals surface area contributed by atoms with Crippen molar-refractivity contribution in [1.29, 1.82) is 0 Å². The lowest BCUT2D eigenvalue weighted by atomic mass is 10.1. The Labute approximate surface area is 104 Å². The Balaban J connectivity index is 3.18. The molecule has 7 heteroatoms. The molecule has 1 aromatic rings. The van der Waals surface area contributed by atoms with Gasteiger partial charge in [0.05, 0.1) is 19.1 Å². The number of methoxy groups -OCH3 is 1. The summed E-state index contributed by atoms with van der Waals surface area (Å²) in [6, 6.07) is 0.991. The molecule has 0 saturated heterocycles. The van der Waals surface area contributed by atoms with Crippen LogP contribution in [-0.2, 0) is 21.3 Å². The lowest BCUT2D eigenvalue weighted by Crippen LogP contribution is -2.17. The van der Waals surface area contributed by atoms with E-state index in [4.69, 9.17) is 0 Å². The summed E-state index contributed by atoms with van der Waals surface area (Å²) in [4.78, 5) is 25.1. The summed E-state index contributed by atoms with van der Waals surface area (Å²) >= 11 is 3.01. The first-order chi connectivity index (χ1) is 7.99. The average molecular weight is 310 g/mol. The molecule has 0 spiro atoms. The zero-order valence-corrected chi connectivity index (χ0v) is 10.5. The predicted molar refractivity (Wildman–Crippen MR) is 60.4 cm³/mol. The highest BCUT2D eigenvalue weighted by Gasteiger charge is 2.18. The van der Waals surface area contributed by atoms with E-state index < -0.39 is 23.4 Å². The topological polar surface area (TPSA) is 59.2 Å². The van der Waals surface area contributed by atoms with Gasteiger partial charge in [-0.05, 0) is 0 Å². The Hall–Kier alpha value is -1.24. The highest BCUT2D eigenvalue weighted by molar-refractivity contribution is 9.08. The molecule has 1 aromatic heterocycles. The molecule has 0 aliphatic carbocycles. The second-order valence-electron chi connectivity index (χ2n) is 3.24. The molecule has 0 unspecified atom stereocenters. The van der Waals surface area contributed by atoms with Gasteiger partial charge in [-0.1, -0.05) is 15.9 Å². The molecule has 0 aromatic carbocycles. The summed E-state index contributed by atoms with van der Waals surface area (Å²) in [6.07, 6.45) is -3.01. The molecule has 0 amide bonds. The molecule has 1 rings (SSSR count). The largest absolute Gasteiger partial charge is 0.469 e. The molecule has 0 atom stereocenters. The van der Waals surface area contributed by atoms with Crippen LogP contribution in [0.1, 0.15) is 23.4 Å². The SMILES string of the molecule is COC(=O)Cc1cc(=O)c(C(F)F)c(CBr)[nH]1. The number of ether oxygens (including phenoxy) is 1. The fraction of sp³-hybridized carbons (Fsp3) is 0.400. The minimum atomic E-state index is -2.85. The van der Waals surface area contributed by atoms with Gasteiger partial charge in [0.1, 0.15) is 0 Å². The monoisotopic (exact) mass is 309 g/mol. The molecule has 1 heterocycles. The van der Waals surface area contributed by atoms with E-state index in [0.29, 0.717) is 0 Å². The van der Waals surface area contributed by atoms with Crippen molar-refractivity contribution in [3.8, 4) is 0 Å². The lowest BCUT2D eigenvalue weighted by molar-refractivity contribution is -0.139. The molecular weight excluding hydrogens is 300 g/mol. The van der Waals surface area contributed by atoms with E-state index >= 15 is 0 Å². The summed E-state index contributed by atoms with van der Waals surface area (Å²) in [5.41, 5.74) is -1.03. The van der Waals surface area contributed by atoms with Gasteiger partial charge in [0.25, 0.3) is 6.43 Å². The number of H-pyrrole nitrogens is 1. The van der Waals surface area contributed by atoms with E-state index in [1.807, 2.05) is 0 Å². The van der Waals surface area contributed by atoms with Gasteiger partial charge in [0, 0.05) is 22.8 Å². The molecular formula is C10H10BrF2NO3. The first kappa shape index (κ1) is 13.8. The normalized spacial score (nSPS) is 10.6. The van der Waals surface area contributed by atoms with Crippen molar-refractivity contribution in [3.05, 3.63) is 33.2 Å². The molecule has 1 N–H and O–H groups in total. The van der Waals surface area contributed by atoms with Crippen LogP contribution in [0.4, 0.5) is 8.78 Å². The zero-order valence-electron chi connectivity index (χ0n) is 8.93. The van der Waals surface area contributed by atoms with Crippen LogP contribution in [0.2, 0.25) is 0 Å². The van der Waals surface area contributed by atoms with Gasteiger partial charge in [-0.2, -0.15) is 0 Å². The second-order valence-corrected chi connectivity index (χ2v) is 3.80. The summed E-state index contributed by atoms with van der Waals surface area (Å²) in [6.45, 7) is 0. The highest BCUT2D eigenvalue weighted by atomic mass is 79.9. The van der Waals surface area contributed by atoms with Gasteiger partial charge in [0.15, 0.2) is 5.43 Å². The number of rotatable bonds is 4. The van der Waals surface area contributed by atoms with Crippen molar-refractivity contribution in [3.63, 3.8) is 0 Å². The van der Waals surface area contributed by atoms with Crippen molar-refractivity contribution < 1.29 is 18.3 Å². The summed E-state index contributed by atoms with van der Waals surface area (Å²) in [5, 5.41) is 0.0803. The molecule has 4 nitrogen and oxygen atoms in total. The lowest BCUT2D eigenvalue weighted by Gasteiger charge is -2.08. The number of aromatic nitrogens is 1. The highest BCUT2D eigenvalue weighted by Crippen LogP contribution is 2.20. The fourth-order valence-electron chi connectivity index (χ4n) is 1.35. The number of alkyl halides is 3. The van der Waals surface area contributed by atoms with Gasteiger partial charge < -0.3 is 9.72 Å². The molecule has 0 fully saturated rings.